The highest BCUT2D eigenvalue weighted by atomic mass is 16.5. The van der Waals surface area contributed by atoms with Crippen LogP contribution in [0.3, 0.4) is 0 Å². The second kappa shape index (κ2) is 4.99. The number of rotatable bonds is 2. The lowest BCUT2D eigenvalue weighted by Crippen LogP contribution is -2.59. The van der Waals surface area contributed by atoms with E-state index in [1.54, 1.807) is 0 Å². The van der Waals surface area contributed by atoms with Gasteiger partial charge in [0.15, 0.2) is 0 Å². The number of hydrogen-bond donors (Lipinski definition) is 1. The van der Waals surface area contributed by atoms with E-state index in [0.717, 1.165) is 39.3 Å². The van der Waals surface area contributed by atoms with Crippen molar-refractivity contribution in [2.75, 3.05) is 32.8 Å². The summed E-state index contributed by atoms with van der Waals surface area (Å²) in [5.74, 6) is 0. The lowest BCUT2D eigenvalue weighted by atomic mass is 10.1. The van der Waals surface area contributed by atoms with Crippen molar-refractivity contribution >= 4 is 6.21 Å². The van der Waals surface area contributed by atoms with Gasteiger partial charge in [-0.05, 0) is 6.92 Å². The lowest BCUT2D eigenvalue weighted by Gasteiger charge is -2.47. The van der Waals surface area contributed by atoms with Crippen LogP contribution in [0.4, 0.5) is 0 Å². The SMILES string of the molecule is C[C@H]1CN(C2COC2)CCN1C1=CCC(N)N=C1. The fourth-order valence-corrected chi connectivity index (χ4v) is 2.85. The van der Waals surface area contributed by atoms with Crippen molar-refractivity contribution < 1.29 is 4.74 Å². The molecule has 3 aliphatic heterocycles. The van der Waals surface area contributed by atoms with E-state index in [0.29, 0.717) is 12.1 Å². The molecule has 5 nitrogen and oxygen atoms in total. The zero-order valence-corrected chi connectivity index (χ0v) is 11.0. The molecule has 2 fully saturated rings. The van der Waals surface area contributed by atoms with E-state index < -0.39 is 0 Å². The summed E-state index contributed by atoms with van der Waals surface area (Å²) in [4.78, 5) is 9.31. The Bertz CT molecular complexity index is 364. The maximum Gasteiger partial charge on any atom is 0.101 e. The maximum atomic E-state index is 5.77. The van der Waals surface area contributed by atoms with Gasteiger partial charge in [0.05, 0.1) is 25.0 Å². The van der Waals surface area contributed by atoms with Crippen LogP contribution < -0.4 is 5.73 Å². The maximum absolute atomic E-state index is 5.77. The molecule has 18 heavy (non-hydrogen) atoms. The van der Waals surface area contributed by atoms with E-state index in [-0.39, 0.29) is 6.17 Å². The molecule has 0 spiro atoms. The number of ether oxygens (including phenoxy) is 1. The van der Waals surface area contributed by atoms with E-state index in [9.17, 15) is 0 Å². The van der Waals surface area contributed by atoms with Crippen LogP contribution >= 0.6 is 0 Å². The predicted octanol–water partition coefficient (Wildman–Crippen LogP) is 0.0345. The highest BCUT2D eigenvalue weighted by molar-refractivity contribution is 5.78. The molecule has 0 radical (unpaired) electrons. The minimum atomic E-state index is -0.0440. The van der Waals surface area contributed by atoms with Gasteiger partial charge in [0.2, 0.25) is 0 Å². The molecular formula is C13H22N4O. The smallest absolute Gasteiger partial charge is 0.101 e. The summed E-state index contributed by atoms with van der Waals surface area (Å²) in [6.45, 7) is 7.41. The molecule has 0 saturated carbocycles. The highest BCUT2D eigenvalue weighted by Gasteiger charge is 2.32. The standard InChI is InChI=1S/C13H22N4O/c1-10-7-16(12-8-18-9-12)4-5-17(10)11-2-3-13(14)15-6-11/h2,6,10,12-13H,3-5,7-9,14H2,1H3/t10-,13?/m0/s1. The molecule has 2 saturated heterocycles. The van der Waals surface area contributed by atoms with Crippen molar-refractivity contribution in [1.82, 2.24) is 9.80 Å². The van der Waals surface area contributed by atoms with Gasteiger partial charge in [0.25, 0.3) is 0 Å². The minimum absolute atomic E-state index is 0.0440. The topological polar surface area (TPSA) is 54.1 Å². The minimum Gasteiger partial charge on any atom is -0.378 e. The van der Waals surface area contributed by atoms with Crippen LogP contribution in [0.15, 0.2) is 16.8 Å². The highest BCUT2D eigenvalue weighted by Crippen LogP contribution is 2.21. The zero-order chi connectivity index (χ0) is 12.5. The summed E-state index contributed by atoms with van der Waals surface area (Å²) < 4.78 is 5.28. The van der Waals surface area contributed by atoms with Gasteiger partial charge >= 0.3 is 0 Å². The Morgan fingerprint density at radius 1 is 1.39 bits per heavy atom. The van der Waals surface area contributed by atoms with E-state index in [4.69, 9.17) is 10.5 Å². The molecule has 5 heteroatoms. The van der Waals surface area contributed by atoms with Crippen LogP contribution in [0.1, 0.15) is 13.3 Å². The van der Waals surface area contributed by atoms with Gasteiger partial charge < -0.3 is 15.4 Å². The van der Waals surface area contributed by atoms with Crippen molar-refractivity contribution in [3.63, 3.8) is 0 Å². The fourth-order valence-electron chi connectivity index (χ4n) is 2.85. The average molecular weight is 250 g/mol. The summed E-state index contributed by atoms with van der Waals surface area (Å²) in [5.41, 5.74) is 7.01. The molecule has 100 valence electrons. The third-order valence-corrected chi connectivity index (χ3v) is 4.09. The Hall–Kier alpha value is -0.910. The Morgan fingerprint density at radius 2 is 2.22 bits per heavy atom. The summed E-state index contributed by atoms with van der Waals surface area (Å²) >= 11 is 0. The van der Waals surface area contributed by atoms with Crippen LogP contribution in [0, 0.1) is 0 Å². The number of dihydropyridines is 1. The first-order valence-electron chi connectivity index (χ1n) is 6.81. The molecule has 0 aromatic rings. The average Bonchev–Trinajstić information content (AvgIpc) is 2.29. The number of piperazine rings is 1. The first-order valence-corrected chi connectivity index (χ1v) is 6.81. The Balaban J connectivity index is 1.60. The Kier molecular flexibility index (Phi) is 3.37. The molecule has 0 aromatic heterocycles. The van der Waals surface area contributed by atoms with Crippen molar-refractivity contribution in [3.8, 4) is 0 Å². The van der Waals surface area contributed by atoms with Crippen LogP contribution in [0.2, 0.25) is 0 Å². The Morgan fingerprint density at radius 3 is 2.78 bits per heavy atom. The van der Waals surface area contributed by atoms with Crippen LogP contribution in [0.5, 0.6) is 0 Å². The number of nitrogens with two attached hydrogens (primary N) is 1. The molecule has 2 atom stereocenters. The third-order valence-electron chi connectivity index (χ3n) is 4.09. The van der Waals surface area contributed by atoms with Crippen LogP contribution in [-0.4, -0.2) is 67.1 Å². The van der Waals surface area contributed by atoms with E-state index in [1.165, 1.54) is 5.70 Å². The summed E-state index contributed by atoms with van der Waals surface area (Å²) in [5, 5.41) is 0. The van der Waals surface area contributed by atoms with Gasteiger partial charge in [-0.15, -0.1) is 0 Å². The summed E-state index contributed by atoms with van der Waals surface area (Å²) in [6, 6.07) is 1.18. The van der Waals surface area contributed by atoms with Gasteiger partial charge in [-0.2, -0.15) is 0 Å². The van der Waals surface area contributed by atoms with Crippen molar-refractivity contribution in [3.05, 3.63) is 11.8 Å². The zero-order valence-electron chi connectivity index (χ0n) is 11.0. The van der Waals surface area contributed by atoms with Crippen LogP contribution in [0.25, 0.3) is 0 Å². The molecule has 2 N–H and O–H groups in total. The lowest BCUT2D eigenvalue weighted by molar-refractivity contribution is -0.0810. The largest absolute Gasteiger partial charge is 0.378 e. The van der Waals surface area contributed by atoms with Gasteiger partial charge in [-0.25, -0.2) is 0 Å². The quantitative estimate of drug-likeness (QED) is 0.751. The molecule has 3 aliphatic rings. The second-order valence-corrected chi connectivity index (χ2v) is 5.44. The second-order valence-electron chi connectivity index (χ2n) is 5.44. The van der Waals surface area contributed by atoms with Crippen molar-refractivity contribution in [1.29, 1.82) is 0 Å². The molecule has 1 unspecified atom stereocenters. The molecule has 0 aromatic carbocycles. The molecule has 0 amide bonds. The first-order chi connectivity index (χ1) is 8.74. The van der Waals surface area contributed by atoms with Crippen molar-refractivity contribution in [2.24, 2.45) is 10.7 Å². The number of nitrogens with zero attached hydrogens (tertiary/aromatic N) is 3. The van der Waals surface area contributed by atoms with E-state index in [2.05, 4.69) is 27.8 Å². The summed E-state index contributed by atoms with van der Waals surface area (Å²) in [7, 11) is 0. The van der Waals surface area contributed by atoms with Crippen LogP contribution in [-0.2, 0) is 4.74 Å². The molecule has 0 aliphatic carbocycles. The van der Waals surface area contributed by atoms with E-state index >= 15 is 0 Å². The molecule has 0 bridgehead atoms. The van der Waals surface area contributed by atoms with Gasteiger partial charge in [-0.1, -0.05) is 6.08 Å². The van der Waals surface area contributed by atoms with E-state index in [1.807, 2.05) is 6.21 Å². The molecule has 3 rings (SSSR count). The fraction of sp³-hybridized carbons (Fsp3) is 0.769. The number of hydrogen-bond acceptors (Lipinski definition) is 5. The van der Waals surface area contributed by atoms with Gasteiger partial charge in [0.1, 0.15) is 6.17 Å². The third kappa shape index (κ3) is 2.30. The van der Waals surface area contributed by atoms with Gasteiger partial charge in [0, 0.05) is 38.3 Å². The molecular weight excluding hydrogens is 228 g/mol. The Labute approximate surface area is 108 Å². The number of aliphatic imine (C=N–C) groups is 1. The first kappa shape index (κ1) is 12.1. The van der Waals surface area contributed by atoms with Crippen molar-refractivity contribution in [2.45, 2.75) is 31.6 Å². The monoisotopic (exact) mass is 250 g/mol. The predicted molar refractivity (Wildman–Crippen MR) is 71.5 cm³/mol. The normalized spacial score (nSPS) is 34.3. The summed E-state index contributed by atoms with van der Waals surface area (Å²) in [6.07, 6.45) is 4.97. The van der Waals surface area contributed by atoms with Gasteiger partial charge in [-0.3, -0.25) is 9.89 Å². The number of allylic oxidation sites excluding steroid dienone is 1. The molecule has 3 heterocycles.